The first-order chi connectivity index (χ1) is 8.08. The van der Waals surface area contributed by atoms with Crippen molar-refractivity contribution in [3.05, 3.63) is 53.9 Å². The third-order valence-electron chi connectivity index (χ3n) is 2.30. The summed E-state index contributed by atoms with van der Waals surface area (Å²) in [7, 11) is -3.45. The van der Waals surface area contributed by atoms with E-state index >= 15 is 0 Å². The minimum atomic E-state index is -3.45. The molecule has 2 aromatic rings. The van der Waals surface area contributed by atoms with Gasteiger partial charge in [-0.15, -0.1) is 0 Å². The van der Waals surface area contributed by atoms with Crippen molar-refractivity contribution in [1.82, 2.24) is 9.97 Å². The quantitative estimate of drug-likeness (QED) is 0.776. The SMILES string of the molecule is Cc1ccc(CS(=O)(=O)c2ncccn2)cc1. The molecule has 0 unspecified atom stereocenters. The molecule has 0 aliphatic heterocycles. The lowest BCUT2D eigenvalue weighted by atomic mass is 10.2. The van der Waals surface area contributed by atoms with E-state index in [0.29, 0.717) is 0 Å². The van der Waals surface area contributed by atoms with Crippen LogP contribution in [-0.4, -0.2) is 18.4 Å². The van der Waals surface area contributed by atoms with Gasteiger partial charge in [0.25, 0.3) is 0 Å². The second-order valence-corrected chi connectivity index (χ2v) is 5.66. The predicted molar refractivity (Wildman–Crippen MR) is 64.1 cm³/mol. The molecule has 0 atom stereocenters. The normalized spacial score (nSPS) is 11.4. The summed E-state index contributed by atoms with van der Waals surface area (Å²) in [5.74, 6) is -0.0721. The number of sulfone groups is 1. The second-order valence-electron chi connectivity index (χ2n) is 3.78. The highest BCUT2D eigenvalue weighted by Gasteiger charge is 2.17. The topological polar surface area (TPSA) is 59.9 Å². The van der Waals surface area contributed by atoms with Crippen LogP contribution in [-0.2, 0) is 15.6 Å². The third kappa shape index (κ3) is 2.88. The molecule has 88 valence electrons. The third-order valence-corrected chi connectivity index (χ3v) is 3.78. The zero-order valence-electron chi connectivity index (χ0n) is 9.37. The van der Waals surface area contributed by atoms with E-state index in [1.54, 1.807) is 18.2 Å². The molecule has 0 N–H and O–H groups in total. The van der Waals surface area contributed by atoms with Crippen LogP contribution in [0.4, 0.5) is 0 Å². The molecule has 0 radical (unpaired) electrons. The van der Waals surface area contributed by atoms with E-state index in [9.17, 15) is 8.42 Å². The van der Waals surface area contributed by atoms with Crippen LogP contribution in [0.25, 0.3) is 0 Å². The van der Waals surface area contributed by atoms with Gasteiger partial charge in [-0.2, -0.15) is 0 Å². The van der Waals surface area contributed by atoms with Gasteiger partial charge < -0.3 is 0 Å². The summed E-state index contributed by atoms with van der Waals surface area (Å²) in [6, 6.07) is 8.96. The Morgan fingerprint density at radius 3 is 2.24 bits per heavy atom. The molecular formula is C12H12N2O2S. The summed E-state index contributed by atoms with van der Waals surface area (Å²) >= 11 is 0. The molecular weight excluding hydrogens is 236 g/mol. The van der Waals surface area contributed by atoms with Gasteiger partial charge in [0.05, 0.1) is 5.75 Å². The predicted octanol–water partition coefficient (Wildman–Crippen LogP) is 1.76. The number of rotatable bonds is 3. The first kappa shape index (κ1) is 11.7. The second kappa shape index (κ2) is 4.63. The summed E-state index contributed by atoms with van der Waals surface area (Å²) in [4.78, 5) is 7.53. The van der Waals surface area contributed by atoms with Crippen molar-refractivity contribution in [2.24, 2.45) is 0 Å². The Morgan fingerprint density at radius 2 is 1.65 bits per heavy atom. The Hall–Kier alpha value is -1.75. The maximum atomic E-state index is 12.0. The molecule has 1 heterocycles. The van der Waals surface area contributed by atoms with Gasteiger partial charge in [-0.05, 0) is 18.6 Å². The van der Waals surface area contributed by atoms with Crippen LogP contribution in [0.1, 0.15) is 11.1 Å². The van der Waals surface area contributed by atoms with Crippen LogP contribution in [0, 0.1) is 6.92 Å². The molecule has 0 bridgehead atoms. The molecule has 1 aromatic carbocycles. The number of hydrogen-bond donors (Lipinski definition) is 0. The average Bonchev–Trinajstić information content (AvgIpc) is 2.33. The van der Waals surface area contributed by atoms with Crippen molar-refractivity contribution in [3.8, 4) is 0 Å². The molecule has 0 aliphatic carbocycles. The summed E-state index contributed by atoms with van der Waals surface area (Å²) in [5, 5.41) is -0.124. The van der Waals surface area contributed by atoms with Crippen molar-refractivity contribution < 1.29 is 8.42 Å². The smallest absolute Gasteiger partial charge is 0.227 e. The number of aromatic nitrogens is 2. The van der Waals surface area contributed by atoms with Crippen LogP contribution in [0.2, 0.25) is 0 Å². The fraction of sp³-hybridized carbons (Fsp3) is 0.167. The van der Waals surface area contributed by atoms with Gasteiger partial charge in [-0.25, -0.2) is 18.4 Å². The van der Waals surface area contributed by atoms with Gasteiger partial charge >= 0.3 is 0 Å². The minimum Gasteiger partial charge on any atom is -0.227 e. The zero-order valence-corrected chi connectivity index (χ0v) is 10.2. The van der Waals surface area contributed by atoms with E-state index in [2.05, 4.69) is 9.97 Å². The van der Waals surface area contributed by atoms with E-state index in [4.69, 9.17) is 0 Å². The highest BCUT2D eigenvalue weighted by Crippen LogP contribution is 2.12. The Bertz CT molecular complexity index is 592. The lowest BCUT2D eigenvalue weighted by molar-refractivity contribution is 0.586. The standard InChI is InChI=1S/C12H12N2O2S/c1-10-3-5-11(6-4-10)9-17(15,16)12-13-7-2-8-14-12/h2-8H,9H2,1H3. The number of benzene rings is 1. The van der Waals surface area contributed by atoms with Crippen LogP contribution in [0.15, 0.2) is 47.9 Å². The van der Waals surface area contributed by atoms with Crippen LogP contribution < -0.4 is 0 Å². The lowest BCUT2D eigenvalue weighted by Crippen LogP contribution is -2.08. The number of nitrogens with zero attached hydrogens (tertiary/aromatic N) is 2. The number of aryl methyl sites for hydroxylation is 1. The molecule has 4 nitrogen and oxygen atoms in total. The highest BCUT2D eigenvalue weighted by molar-refractivity contribution is 7.90. The van der Waals surface area contributed by atoms with Gasteiger partial charge in [0.1, 0.15) is 0 Å². The van der Waals surface area contributed by atoms with Gasteiger partial charge in [0.15, 0.2) is 0 Å². The molecule has 0 spiro atoms. The summed E-state index contributed by atoms with van der Waals surface area (Å²) in [5.41, 5.74) is 1.84. The Morgan fingerprint density at radius 1 is 1.06 bits per heavy atom. The molecule has 0 amide bonds. The monoisotopic (exact) mass is 248 g/mol. The van der Waals surface area contributed by atoms with Crippen molar-refractivity contribution in [1.29, 1.82) is 0 Å². The molecule has 0 saturated carbocycles. The fourth-order valence-corrected chi connectivity index (χ4v) is 2.62. The van der Waals surface area contributed by atoms with Gasteiger partial charge in [0.2, 0.25) is 15.0 Å². The summed E-state index contributed by atoms with van der Waals surface area (Å²) < 4.78 is 23.9. The fourth-order valence-electron chi connectivity index (χ4n) is 1.41. The zero-order chi connectivity index (χ0) is 12.3. The van der Waals surface area contributed by atoms with Gasteiger partial charge in [-0.1, -0.05) is 29.8 Å². The van der Waals surface area contributed by atoms with Crippen molar-refractivity contribution in [3.63, 3.8) is 0 Å². The maximum Gasteiger partial charge on any atom is 0.247 e. The van der Waals surface area contributed by atoms with E-state index in [-0.39, 0.29) is 10.9 Å². The maximum absolute atomic E-state index is 12.0. The summed E-state index contributed by atoms with van der Waals surface area (Å²) in [6.07, 6.45) is 2.85. The Balaban J connectivity index is 2.27. The van der Waals surface area contributed by atoms with Crippen LogP contribution in [0.3, 0.4) is 0 Å². The molecule has 17 heavy (non-hydrogen) atoms. The molecule has 1 aromatic heterocycles. The van der Waals surface area contributed by atoms with E-state index in [1.807, 2.05) is 19.1 Å². The van der Waals surface area contributed by atoms with Crippen LogP contribution >= 0.6 is 0 Å². The van der Waals surface area contributed by atoms with Crippen molar-refractivity contribution in [2.75, 3.05) is 0 Å². The molecule has 0 aliphatic rings. The molecule has 2 rings (SSSR count). The largest absolute Gasteiger partial charge is 0.247 e. The van der Waals surface area contributed by atoms with Crippen molar-refractivity contribution >= 4 is 9.84 Å². The minimum absolute atomic E-state index is 0.0721. The Kier molecular flexibility index (Phi) is 3.19. The van der Waals surface area contributed by atoms with E-state index < -0.39 is 9.84 Å². The van der Waals surface area contributed by atoms with Gasteiger partial charge in [0, 0.05) is 12.4 Å². The van der Waals surface area contributed by atoms with E-state index in [0.717, 1.165) is 11.1 Å². The highest BCUT2D eigenvalue weighted by atomic mass is 32.2. The Labute approximate surface area is 100 Å². The molecule has 5 heteroatoms. The first-order valence-electron chi connectivity index (χ1n) is 5.13. The van der Waals surface area contributed by atoms with E-state index in [1.165, 1.54) is 12.4 Å². The average molecular weight is 248 g/mol. The van der Waals surface area contributed by atoms with Crippen LogP contribution in [0.5, 0.6) is 0 Å². The first-order valence-corrected chi connectivity index (χ1v) is 6.78. The lowest BCUT2D eigenvalue weighted by Gasteiger charge is -2.03. The molecule has 0 saturated heterocycles. The number of hydrogen-bond acceptors (Lipinski definition) is 4. The molecule has 0 fully saturated rings. The van der Waals surface area contributed by atoms with Crippen molar-refractivity contribution in [2.45, 2.75) is 17.8 Å². The van der Waals surface area contributed by atoms with Gasteiger partial charge in [-0.3, -0.25) is 0 Å². The summed E-state index contributed by atoms with van der Waals surface area (Å²) in [6.45, 7) is 1.96.